The smallest absolute Gasteiger partial charge is 0.227 e. The third-order valence-electron chi connectivity index (χ3n) is 4.11. The van der Waals surface area contributed by atoms with Crippen LogP contribution in [0.15, 0.2) is 60.8 Å². The molecule has 0 saturated carbocycles. The summed E-state index contributed by atoms with van der Waals surface area (Å²) in [5.41, 5.74) is 3.28. The third kappa shape index (κ3) is 3.62. The Kier molecular flexibility index (Phi) is 4.47. The summed E-state index contributed by atoms with van der Waals surface area (Å²) in [4.78, 5) is 17.9. The number of nitrogens with one attached hydrogen (secondary N) is 1. The Morgan fingerprint density at radius 1 is 1.04 bits per heavy atom. The van der Waals surface area contributed by atoms with Gasteiger partial charge in [0.2, 0.25) is 5.91 Å². The van der Waals surface area contributed by atoms with E-state index in [1.54, 1.807) is 0 Å². The minimum Gasteiger partial charge on any atom is -0.361 e. The fourth-order valence-corrected chi connectivity index (χ4v) is 2.82. The van der Waals surface area contributed by atoms with Crippen LogP contribution in [0.25, 0.3) is 10.9 Å². The van der Waals surface area contributed by atoms with Gasteiger partial charge in [-0.2, -0.15) is 0 Å². The molecule has 3 nitrogen and oxygen atoms in total. The number of hydrogen-bond donors (Lipinski definition) is 1. The topological polar surface area (TPSA) is 36.1 Å². The van der Waals surface area contributed by atoms with Crippen molar-refractivity contribution in [1.82, 2.24) is 9.88 Å². The number of aromatic nitrogens is 1. The zero-order valence-corrected chi connectivity index (χ0v) is 13.6. The van der Waals surface area contributed by atoms with E-state index in [1.807, 2.05) is 41.4 Å². The van der Waals surface area contributed by atoms with Crippen molar-refractivity contribution >= 4 is 16.8 Å². The Morgan fingerprint density at radius 3 is 2.57 bits per heavy atom. The molecule has 0 atom stereocenters. The fraction of sp³-hybridized carbons (Fsp3) is 0.250. The first-order chi connectivity index (χ1) is 11.1. The molecule has 3 rings (SSSR count). The number of nitrogens with zero attached hydrogens (tertiary/aromatic N) is 1. The Labute approximate surface area is 136 Å². The second-order valence-electron chi connectivity index (χ2n) is 6.18. The van der Waals surface area contributed by atoms with Gasteiger partial charge >= 0.3 is 0 Å². The van der Waals surface area contributed by atoms with Crippen LogP contribution < -0.4 is 0 Å². The summed E-state index contributed by atoms with van der Waals surface area (Å²) in [6.07, 6.45) is 2.35. The van der Waals surface area contributed by atoms with Crippen LogP contribution >= 0.6 is 0 Å². The van der Waals surface area contributed by atoms with Crippen molar-refractivity contribution in [3.63, 3.8) is 0 Å². The van der Waals surface area contributed by atoms with Gasteiger partial charge in [-0.25, -0.2) is 0 Å². The van der Waals surface area contributed by atoms with Crippen LogP contribution in [0.3, 0.4) is 0 Å². The first-order valence-corrected chi connectivity index (χ1v) is 8.03. The molecule has 118 valence electrons. The highest BCUT2D eigenvalue weighted by Gasteiger charge is 2.17. The summed E-state index contributed by atoms with van der Waals surface area (Å²) < 4.78 is 0. The van der Waals surface area contributed by atoms with Gasteiger partial charge in [0.1, 0.15) is 0 Å². The zero-order chi connectivity index (χ0) is 16.2. The maximum atomic E-state index is 12.7. The van der Waals surface area contributed by atoms with E-state index in [0.717, 1.165) is 16.6 Å². The monoisotopic (exact) mass is 306 g/mol. The lowest BCUT2D eigenvalue weighted by molar-refractivity contribution is -0.132. The number of carbonyl (C=O) groups excluding carboxylic acids is 1. The van der Waals surface area contributed by atoms with E-state index in [4.69, 9.17) is 0 Å². The van der Waals surface area contributed by atoms with E-state index in [0.29, 0.717) is 13.0 Å². The highest BCUT2D eigenvalue weighted by molar-refractivity contribution is 5.83. The molecule has 0 bridgehead atoms. The molecule has 2 aromatic carbocycles. The molecule has 1 aromatic heterocycles. The number of fused-ring (bicyclic) bond motifs is 1. The second kappa shape index (κ2) is 6.69. The van der Waals surface area contributed by atoms with Gasteiger partial charge in [-0.05, 0) is 42.5 Å². The molecule has 3 heteroatoms. The molecule has 0 spiro atoms. The van der Waals surface area contributed by atoms with Crippen LogP contribution in [0.4, 0.5) is 0 Å². The van der Waals surface area contributed by atoms with Crippen molar-refractivity contribution in [2.75, 3.05) is 0 Å². The average Bonchev–Trinajstić information content (AvgIpc) is 3.01. The lowest BCUT2D eigenvalue weighted by Gasteiger charge is -2.27. The van der Waals surface area contributed by atoms with Gasteiger partial charge in [-0.1, -0.05) is 42.5 Å². The molecule has 0 unspecified atom stereocenters. The van der Waals surface area contributed by atoms with Crippen LogP contribution in [-0.4, -0.2) is 21.8 Å². The SMILES string of the molecule is CC(C)N(Cc1ccccc1)C(=O)Cc1ccc2cc[nH]c2c1. The summed E-state index contributed by atoms with van der Waals surface area (Å²) in [7, 11) is 0. The van der Waals surface area contributed by atoms with Crippen molar-refractivity contribution in [2.24, 2.45) is 0 Å². The van der Waals surface area contributed by atoms with Gasteiger partial charge < -0.3 is 9.88 Å². The lowest BCUT2D eigenvalue weighted by Crippen LogP contribution is -2.37. The molecular weight excluding hydrogens is 284 g/mol. The maximum absolute atomic E-state index is 12.7. The molecule has 0 fully saturated rings. The predicted molar refractivity (Wildman–Crippen MR) is 94.1 cm³/mol. The molecule has 0 aliphatic heterocycles. The van der Waals surface area contributed by atoms with E-state index in [-0.39, 0.29) is 11.9 Å². The molecule has 0 radical (unpaired) electrons. The van der Waals surface area contributed by atoms with Gasteiger partial charge in [-0.15, -0.1) is 0 Å². The lowest BCUT2D eigenvalue weighted by atomic mass is 10.1. The maximum Gasteiger partial charge on any atom is 0.227 e. The Morgan fingerprint density at radius 2 is 1.83 bits per heavy atom. The molecule has 0 aliphatic carbocycles. The van der Waals surface area contributed by atoms with Crippen LogP contribution in [-0.2, 0) is 17.8 Å². The van der Waals surface area contributed by atoms with Crippen LogP contribution in [0, 0.1) is 0 Å². The van der Waals surface area contributed by atoms with Crippen LogP contribution in [0.2, 0.25) is 0 Å². The van der Waals surface area contributed by atoms with E-state index >= 15 is 0 Å². The van der Waals surface area contributed by atoms with E-state index in [9.17, 15) is 4.79 Å². The number of carbonyl (C=O) groups is 1. The number of rotatable bonds is 5. The highest BCUT2D eigenvalue weighted by atomic mass is 16.2. The first-order valence-electron chi connectivity index (χ1n) is 8.03. The number of amides is 1. The van der Waals surface area contributed by atoms with Gasteiger partial charge in [0.25, 0.3) is 0 Å². The number of aromatic amines is 1. The minimum atomic E-state index is 0.162. The van der Waals surface area contributed by atoms with E-state index < -0.39 is 0 Å². The van der Waals surface area contributed by atoms with Gasteiger partial charge in [0, 0.05) is 24.3 Å². The number of H-pyrrole nitrogens is 1. The first kappa shape index (κ1) is 15.3. The molecule has 1 heterocycles. The van der Waals surface area contributed by atoms with Crippen molar-refractivity contribution in [3.8, 4) is 0 Å². The quantitative estimate of drug-likeness (QED) is 0.755. The summed E-state index contributed by atoms with van der Waals surface area (Å²) in [5.74, 6) is 0.162. The van der Waals surface area contributed by atoms with E-state index in [1.165, 1.54) is 5.39 Å². The van der Waals surface area contributed by atoms with Crippen molar-refractivity contribution in [1.29, 1.82) is 0 Å². The Balaban J connectivity index is 1.75. The molecule has 0 aliphatic rings. The molecule has 23 heavy (non-hydrogen) atoms. The van der Waals surface area contributed by atoms with E-state index in [2.05, 4.69) is 43.1 Å². The van der Waals surface area contributed by atoms with Crippen LogP contribution in [0.1, 0.15) is 25.0 Å². The molecule has 1 amide bonds. The fourth-order valence-electron chi connectivity index (χ4n) is 2.82. The predicted octanol–water partition coefficient (Wildman–Crippen LogP) is 4.15. The summed E-state index contributed by atoms with van der Waals surface area (Å²) >= 11 is 0. The summed E-state index contributed by atoms with van der Waals surface area (Å²) in [6, 6.07) is 18.5. The molecule has 1 N–H and O–H groups in total. The third-order valence-corrected chi connectivity index (χ3v) is 4.11. The normalized spacial score (nSPS) is 11.1. The van der Waals surface area contributed by atoms with Crippen LogP contribution in [0.5, 0.6) is 0 Å². The summed E-state index contributed by atoms with van der Waals surface area (Å²) in [6.45, 7) is 4.78. The summed E-state index contributed by atoms with van der Waals surface area (Å²) in [5, 5.41) is 1.17. The minimum absolute atomic E-state index is 0.162. The van der Waals surface area contributed by atoms with Gasteiger partial charge in [0.15, 0.2) is 0 Å². The average molecular weight is 306 g/mol. The van der Waals surface area contributed by atoms with Crippen molar-refractivity contribution in [3.05, 3.63) is 71.9 Å². The van der Waals surface area contributed by atoms with Crippen molar-refractivity contribution < 1.29 is 4.79 Å². The number of hydrogen-bond acceptors (Lipinski definition) is 1. The molecule has 0 saturated heterocycles. The van der Waals surface area contributed by atoms with Gasteiger partial charge in [0.05, 0.1) is 6.42 Å². The second-order valence-corrected chi connectivity index (χ2v) is 6.18. The highest BCUT2D eigenvalue weighted by Crippen LogP contribution is 2.16. The Bertz CT molecular complexity index is 790. The molecular formula is C20H22N2O. The largest absolute Gasteiger partial charge is 0.361 e. The molecule has 3 aromatic rings. The number of benzene rings is 2. The zero-order valence-electron chi connectivity index (χ0n) is 13.6. The Hall–Kier alpha value is -2.55. The van der Waals surface area contributed by atoms with Crippen molar-refractivity contribution in [2.45, 2.75) is 32.9 Å². The standard InChI is InChI=1S/C20H22N2O/c1-15(2)22(14-16-6-4-3-5-7-16)20(23)13-17-8-9-18-10-11-21-19(18)12-17/h3-12,15,21H,13-14H2,1-2H3. The van der Waals surface area contributed by atoms with Gasteiger partial charge in [-0.3, -0.25) is 4.79 Å².